The Balaban J connectivity index is 0.000000429. The van der Waals surface area contributed by atoms with Crippen molar-refractivity contribution < 1.29 is 32.6 Å². The molecule has 184 valence electrons. The normalized spacial score (nSPS) is 11.2. The molecule has 0 atom stereocenters. The molecule has 0 aliphatic heterocycles. The predicted molar refractivity (Wildman–Crippen MR) is 125 cm³/mol. The van der Waals surface area contributed by atoms with E-state index < -0.39 is 12.1 Å². The Morgan fingerprint density at radius 2 is 1.57 bits per heavy atom. The number of alkyl halides is 3. The number of carbonyl (C=O) groups excluding carboxylic acids is 1. The largest absolute Gasteiger partial charge is 0.491 e. The lowest BCUT2D eigenvalue weighted by Crippen LogP contribution is -2.21. The molecular weight excluding hydrogens is 465 g/mol. The minimum Gasteiger partial charge on any atom is -0.491 e. The van der Waals surface area contributed by atoms with E-state index in [0.29, 0.717) is 34.5 Å². The summed E-state index contributed by atoms with van der Waals surface area (Å²) in [6.45, 7) is 2.71. The van der Waals surface area contributed by atoms with Crippen LogP contribution < -0.4 is 10.4 Å². The number of carboxylic acids is 1. The van der Waals surface area contributed by atoms with Crippen LogP contribution in [0.4, 0.5) is 13.2 Å². The van der Waals surface area contributed by atoms with E-state index in [2.05, 4.69) is 16.9 Å². The number of ketones is 1. The number of aliphatic carboxylic acids is 1. The maximum Gasteiger partial charge on any atom is 0.490 e. The molecule has 1 aromatic heterocycles. The fourth-order valence-electron chi connectivity index (χ4n) is 3.51. The van der Waals surface area contributed by atoms with Crippen LogP contribution in [0.25, 0.3) is 21.8 Å². The molecule has 0 saturated carbocycles. The average molecular weight is 488 g/mol. The van der Waals surface area contributed by atoms with Gasteiger partial charge in [0.05, 0.1) is 12.1 Å². The fourth-order valence-corrected chi connectivity index (χ4v) is 3.51. The molecule has 3 aromatic carbocycles. The molecule has 4 aromatic rings. The van der Waals surface area contributed by atoms with E-state index >= 15 is 0 Å². The Morgan fingerprint density at radius 1 is 0.914 bits per heavy atom. The van der Waals surface area contributed by atoms with Gasteiger partial charge in [-0.25, -0.2) is 9.59 Å². The molecule has 3 N–H and O–H groups in total. The number of aromatic nitrogens is 2. The summed E-state index contributed by atoms with van der Waals surface area (Å²) in [4.78, 5) is 39.7. The maximum absolute atomic E-state index is 13.3. The molecule has 0 saturated heterocycles. The Labute approximate surface area is 197 Å². The van der Waals surface area contributed by atoms with E-state index in [1.807, 2.05) is 42.5 Å². The Kier molecular flexibility index (Phi) is 7.95. The van der Waals surface area contributed by atoms with E-state index in [-0.39, 0.29) is 11.5 Å². The van der Waals surface area contributed by atoms with Crippen molar-refractivity contribution in [2.75, 3.05) is 6.61 Å². The van der Waals surface area contributed by atoms with E-state index in [4.69, 9.17) is 14.6 Å². The quantitative estimate of drug-likeness (QED) is 0.237. The van der Waals surface area contributed by atoms with Crippen LogP contribution in [0.15, 0.2) is 59.4 Å². The number of halogens is 3. The number of nitrogens with one attached hydrogen (secondary N) is 2. The monoisotopic (exact) mass is 488 g/mol. The minimum absolute atomic E-state index is 0.130. The predicted octanol–water partition coefficient (Wildman–Crippen LogP) is 5.44. The number of ether oxygens (including phenoxy) is 1. The summed E-state index contributed by atoms with van der Waals surface area (Å²) in [7, 11) is 0. The summed E-state index contributed by atoms with van der Waals surface area (Å²) in [5, 5.41) is 9.02. The SMILES string of the molecule is CCCCCOc1ccc(C(=O)c2cccc3ccccc23)c2[nH]c(=O)[nH]c12.O=C(O)C(F)(F)F. The van der Waals surface area contributed by atoms with Crippen molar-refractivity contribution in [1.82, 2.24) is 9.97 Å². The first-order valence-electron chi connectivity index (χ1n) is 10.8. The second-order valence-corrected chi connectivity index (χ2v) is 7.65. The Morgan fingerprint density at radius 3 is 2.26 bits per heavy atom. The van der Waals surface area contributed by atoms with Crippen LogP contribution in [0.3, 0.4) is 0 Å². The van der Waals surface area contributed by atoms with Gasteiger partial charge in [0.15, 0.2) is 5.78 Å². The van der Waals surface area contributed by atoms with Crippen molar-refractivity contribution in [2.45, 2.75) is 32.4 Å². The number of carbonyl (C=O) groups is 2. The van der Waals surface area contributed by atoms with Crippen LogP contribution in [-0.4, -0.2) is 39.6 Å². The molecule has 0 bridgehead atoms. The summed E-state index contributed by atoms with van der Waals surface area (Å²) >= 11 is 0. The van der Waals surface area contributed by atoms with Gasteiger partial charge >= 0.3 is 17.8 Å². The van der Waals surface area contributed by atoms with Crippen molar-refractivity contribution >= 4 is 33.6 Å². The topological polar surface area (TPSA) is 112 Å². The lowest BCUT2D eigenvalue weighted by atomic mass is 9.96. The lowest BCUT2D eigenvalue weighted by molar-refractivity contribution is -0.192. The number of fused-ring (bicyclic) bond motifs is 2. The van der Waals surface area contributed by atoms with Crippen molar-refractivity contribution in [3.8, 4) is 5.75 Å². The summed E-state index contributed by atoms with van der Waals surface area (Å²) < 4.78 is 37.6. The highest BCUT2D eigenvalue weighted by Crippen LogP contribution is 2.29. The van der Waals surface area contributed by atoms with Crippen LogP contribution in [0, 0.1) is 0 Å². The highest BCUT2D eigenvalue weighted by molar-refractivity contribution is 6.20. The maximum atomic E-state index is 13.3. The zero-order chi connectivity index (χ0) is 25.6. The number of unbranched alkanes of at least 4 members (excludes halogenated alkanes) is 2. The molecule has 4 rings (SSSR count). The number of benzene rings is 3. The Bertz CT molecular complexity index is 1400. The molecule has 7 nitrogen and oxygen atoms in total. The van der Waals surface area contributed by atoms with Gasteiger partial charge < -0.3 is 19.8 Å². The van der Waals surface area contributed by atoms with Crippen LogP contribution in [0.2, 0.25) is 0 Å². The van der Waals surface area contributed by atoms with E-state index in [1.54, 1.807) is 12.1 Å². The number of imidazole rings is 1. The molecule has 0 unspecified atom stereocenters. The van der Waals surface area contributed by atoms with Crippen LogP contribution in [0.5, 0.6) is 5.75 Å². The van der Waals surface area contributed by atoms with Gasteiger partial charge in [0.1, 0.15) is 11.3 Å². The van der Waals surface area contributed by atoms with Gasteiger partial charge in [-0.2, -0.15) is 13.2 Å². The van der Waals surface area contributed by atoms with E-state index in [1.165, 1.54) is 0 Å². The van der Waals surface area contributed by atoms with Crippen molar-refractivity contribution in [2.24, 2.45) is 0 Å². The smallest absolute Gasteiger partial charge is 0.490 e. The summed E-state index contributed by atoms with van der Waals surface area (Å²) in [5.74, 6) is -2.30. The number of carboxylic acid groups (broad SMARTS) is 1. The molecule has 0 aliphatic rings. The third-order valence-electron chi connectivity index (χ3n) is 5.17. The highest BCUT2D eigenvalue weighted by atomic mass is 19.4. The van der Waals surface area contributed by atoms with Crippen molar-refractivity contribution in [3.05, 3.63) is 76.2 Å². The third kappa shape index (κ3) is 6.08. The van der Waals surface area contributed by atoms with Crippen molar-refractivity contribution in [1.29, 1.82) is 0 Å². The minimum atomic E-state index is -5.08. The third-order valence-corrected chi connectivity index (χ3v) is 5.17. The van der Waals surface area contributed by atoms with Gasteiger partial charge in [-0.15, -0.1) is 0 Å². The Hall–Kier alpha value is -4.08. The van der Waals surface area contributed by atoms with Gasteiger partial charge in [0, 0.05) is 11.1 Å². The molecule has 35 heavy (non-hydrogen) atoms. The number of aromatic amines is 2. The molecule has 10 heteroatoms. The second kappa shape index (κ2) is 10.9. The first-order valence-corrected chi connectivity index (χ1v) is 10.8. The summed E-state index contributed by atoms with van der Waals surface area (Å²) in [6, 6.07) is 16.9. The molecule has 0 amide bonds. The highest BCUT2D eigenvalue weighted by Gasteiger charge is 2.38. The molecule has 0 radical (unpaired) electrons. The summed E-state index contributed by atoms with van der Waals surface area (Å²) in [5.41, 5.74) is 1.72. The lowest BCUT2D eigenvalue weighted by Gasteiger charge is -2.10. The molecule has 0 aliphatic carbocycles. The van der Waals surface area contributed by atoms with Crippen LogP contribution in [0.1, 0.15) is 42.1 Å². The van der Waals surface area contributed by atoms with Gasteiger partial charge in [-0.05, 0) is 29.3 Å². The van der Waals surface area contributed by atoms with Gasteiger partial charge in [0.25, 0.3) is 0 Å². The number of hydrogen-bond donors (Lipinski definition) is 3. The standard InChI is InChI=1S/C23H22N2O3.C2HF3O2/c1-2-3-6-14-28-19-13-12-18(20-21(19)25-23(27)24-20)22(26)17-11-7-9-15-8-4-5-10-16(15)17;3-2(4,5)1(6)7/h4-5,7-13H,2-3,6,14H2,1H3,(H2,24,25,27);(H,6,7). The summed E-state index contributed by atoms with van der Waals surface area (Å²) in [6.07, 6.45) is -1.94. The number of rotatable bonds is 7. The average Bonchev–Trinajstić information content (AvgIpc) is 3.22. The van der Waals surface area contributed by atoms with Crippen LogP contribution >= 0.6 is 0 Å². The van der Waals surface area contributed by atoms with Gasteiger partial charge in [0.2, 0.25) is 0 Å². The number of H-pyrrole nitrogens is 2. The van der Waals surface area contributed by atoms with Gasteiger partial charge in [-0.1, -0.05) is 62.2 Å². The number of hydrogen-bond acceptors (Lipinski definition) is 4. The second-order valence-electron chi connectivity index (χ2n) is 7.65. The first kappa shape index (κ1) is 25.5. The van der Waals surface area contributed by atoms with Crippen molar-refractivity contribution in [3.63, 3.8) is 0 Å². The first-order chi connectivity index (χ1) is 16.6. The van der Waals surface area contributed by atoms with Crippen LogP contribution in [-0.2, 0) is 4.79 Å². The fraction of sp³-hybridized carbons (Fsp3) is 0.240. The molecule has 0 fully saturated rings. The molecular formula is C25H23F3N2O5. The molecule has 0 spiro atoms. The zero-order valence-electron chi connectivity index (χ0n) is 18.7. The van der Waals surface area contributed by atoms with Gasteiger partial charge in [-0.3, -0.25) is 4.79 Å². The van der Waals surface area contributed by atoms with E-state index in [0.717, 1.165) is 30.0 Å². The zero-order valence-corrected chi connectivity index (χ0v) is 18.7. The molecule has 1 heterocycles. The van der Waals surface area contributed by atoms with E-state index in [9.17, 15) is 22.8 Å².